The molecule has 0 saturated heterocycles. The number of fused-ring (bicyclic) bond motifs is 1. The predicted molar refractivity (Wildman–Crippen MR) is 123 cm³/mol. The second-order valence-electron chi connectivity index (χ2n) is 7.88. The fourth-order valence-corrected chi connectivity index (χ4v) is 4.39. The minimum absolute atomic E-state index is 0.246. The number of halogens is 1. The monoisotopic (exact) mass is 438 g/mol. The SMILES string of the molecule is CCCCCc1c(-c2ccc(Cl)cc2)c(C(N)=O)c(C)n1Cc1ccc2c(c1)OCO2. The van der Waals surface area contributed by atoms with Crippen LogP contribution < -0.4 is 15.2 Å². The van der Waals surface area contributed by atoms with E-state index in [-0.39, 0.29) is 6.79 Å². The van der Waals surface area contributed by atoms with Crippen LogP contribution >= 0.6 is 11.6 Å². The summed E-state index contributed by atoms with van der Waals surface area (Å²) in [6.45, 7) is 5.02. The van der Waals surface area contributed by atoms with Gasteiger partial charge in [0.2, 0.25) is 6.79 Å². The van der Waals surface area contributed by atoms with Gasteiger partial charge in [-0.1, -0.05) is 49.6 Å². The molecule has 2 heterocycles. The number of hydrogen-bond donors (Lipinski definition) is 1. The van der Waals surface area contributed by atoms with E-state index in [9.17, 15) is 4.79 Å². The van der Waals surface area contributed by atoms with E-state index in [1.165, 1.54) is 0 Å². The van der Waals surface area contributed by atoms with Crippen molar-refractivity contribution in [2.24, 2.45) is 5.73 Å². The Bertz CT molecular complexity index is 1100. The minimum Gasteiger partial charge on any atom is -0.454 e. The molecule has 5 nitrogen and oxygen atoms in total. The fraction of sp³-hybridized carbons (Fsp3) is 0.320. The maximum absolute atomic E-state index is 12.5. The number of aromatic nitrogens is 1. The molecular formula is C25H27ClN2O3. The second-order valence-corrected chi connectivity index (χ2v) is 8.32. The number of benzene rings is 2. The van der Waals surface area contributed by atoms with E-state index in [0.717, 1.165) is 65.3 Å². The number of amides is 1. The van der Waals surface area contributed by atoms with Gasteiger partial charge in [-0.3, -0.25) is 4.79 Å². The van der Waals surface area contributed by atoms with Crippen LogP contribution in [-0.4, -0.2) is 17.3 Å². The molecule has 162 valence electrons. The van der Waals surface area contributed by atoms with Gasteiger partial charge in [-0.15, -0.1) is 0 Å². The zero-order valence-corrected chi connectivity index (χ0v) is 18.7. The Morgan fingerprint density at radius 2 is 1.84 bits per heavy atom. The Morgan fingerprint density at radius 1 is 1.10 bits per heavy atom. The van der Waals surface area contributed by atoms with Gasteiger partial charge < -0.3 is 19.8 Å². The van der Waals surface area contributed by atoms with Crippen molar-refractivity contribution in [2.45, 2.75) is 46.1 Å². The molecule has 0 spiro atoms. The second kappa shape index (κ2) is 9.06. The summed E-state index contributed by atoms with van der Waals surface area (Å²) in [6.07, 6.45) is 4.16. The Morgan fingerprint density at radius 3 is 2.55 bits per heavy atom. The van der Waals surface area contributed by atoms with Gasteiger partial charge in [-0.25, -0.2) is 0 Å². The third kappa shape index (κ3) is 4.28. The number of primary amides is 1. The molecule has 0 atom stereocenters. The summed E-state index contributed by atoms with van der Waals surface area (Å²) in [7, 11) is 0. The summed E-state index contributed by atoms with van der Waals surface area (Å²) < 4.78 is 13.2. The first-order chi connectivity index (χ1) is 15.0. The highest BCUT2D eigenvalue weighted by molar-refractivity contribution is 6.30. The van der Waals surface area contributed by atoms with Crippen molar-refractivity contribution >= 4 is 17.5 Å². The maximum Gasteiger partial charge on any atom is 0.251 e. The zero-order valence-electron chi connectivity index (χ0n) is 17.9. The van der Waals surface area contributed by atoms with Crippen LogP contribution in [0.5, 0.6) is 11.5 Å². The lowest BCUT2D eigenvalue weighted by atomic mass is 9.97. The quantitative estimate of drug-likeness (QED) is 0.457. The number of nitrogens with zero attached hydrogens (tertiary/aromatic N) is 1. The van der Waals surface area contributed by atoms with Gasteiger partial charge in [0, 0.05) is 28.5 Å². The van der Waals surface area contributed by atoms with Gasteiger partial charge in [0.25, 0.3) is 5.91 Å². The molecule has 1 aliphatic rings. The van der Waals surface area contributed by atoms with E-state index < -0.39 is 5.91 Å². The molecule has 4 rings (SSSR count). The highest BCUT2D eigenvalue weighted by atomic mass is 35.5. The Balaban J connectivity index is 1.83. The highest BCUT2D eigenvalue weighted by Crippen LogP contribution is 2.37. The summed E-state index contributed by atoms with van der Waals surface area (Å²) in [4.78, 5) is 12.5. The zero-order chi connectivity index (χ0) is 22.0. The first-order valence-corrected chi connectivity index (χ1v) is 11.0. The molecule has 2 aromatic carbocycles. The van der Waals surface area contributed by atoms with E-state index in [0.29, 0.717) is 17.1 Å². The first-order valence-electron chi connectivity index (χ1n) is 10.7. The maximum atomic E-state index is 12.5. The lowest BCUT2D eigenvalue weighted by Gasteiger charge is -2.14. The number of nitrogens with two attached hydrogens (primary N) is 1. The van der Waals surface area contributed by atoms with Gasteiger partial charge in [-0.2, -0.15) is 0 Å². The van der Waals surface area contributed by atoms with Crippen molar-refractivity contribution in [3.05, 3.63) is 70.0 Å². The molecule has 0 fully saturated rings. The minimum atomic E-state index is -0.413. The Kier molecular flexibility index (Phi) is 6.23. The number of carbonyl (C=O) groups is 1. The van der Waals surface area contributed by atoms with Gasteiger partial charge in [0.1, 0.15) is 0 Å². The van der Waals surface area contributed by atoms with Crippen LogP contribution in [0.4, 0.5) is 0 Å². The van der Waals surface area contributed by atoms with Crippen molar-refractivity contribution < 1.29 is 14.3 Å². The Hall–Kier alpha value is -2.92. The van der Waals surface area contributed by atoms with Crippen LogP contribution in [0, 0.1) is 6.92 Å². The van der Waals surface area contributed by atoms with Gasteiger partial charge >= 0.3 is 0 Å². The molecule has 1 aromatic heterocycles. The molecule has 0 aliphatic carbocycles. The number of rotatable bonds is 8. The van der Waals surface area contributed by atoms with Crippen LogP contribution in [0.15, 0.2) is 42.5 Å². The Labute approximate surface area is 187 Å². The fourth-order valence-electron chi connectivity index (χ4n) is 4.26. The summed E-state index contributed by atoms with van der Waals surface area (Å²) in [5.74, 6) is 1.10. The molecule has 31 heavy (non-hydrogen) atoms. The van der Waals surface area contributed by atoms with Crippen molar-refractivity contribution in [2.75, 3.05) is 6.79 Å². The number of hydrogen-bond acceptors (Lipinski definition) is 3. The van der Waals surface area contributed by atoms with E-state index in [1.807, 2.05) is 49.4 Å². The molecule has 0 radical (unpaired) electrons. The standard InChI is InChI=1S/C25H27ClN2O3/c1-3-4-5-6-20-24(18-8-10-19(26)11-9-18)23(25(27)29)16(2)28(20)14-17-7-12-21-22(13-17)31-15-30-21/h7-13H,3-6,14-15H2,1-2H3,(H2,27,29). The highest BCUT2D eigenvalue weighted by Gasteiger charge is 2.25. The van der Waals surface area contributed by atoms with Crippen molar-refractivity contribution in [3.63, 3.8) is 0 Å². The smallest absolute Gasteiger partial charge is 0.251 e. The van der Waals surface area contributed by atoms with Gasteiger partial charge in [0.15, 0.2) is 11.5 Å². The summed E-state index contributed by atoms with van der Waals surface area (Å²) in [5, 5.41) is 0.661. The summed E-state index contributed by atoms with van der Waals surface area (Å²) in [5.41, 5.74) is 11.4. The van der Waals surface area contributed by atoms with Crippen molar-refractivity contribution in [1.29, 1.82) is 0 Å². The van der Waals surface area contributed by atoms with Gasteiger partial charge in [-0.05, 0) is 55.2 Å². The first kappa shape index (κ1) is 21.3. The molecular weight excluding hydrogens is 412 g/mol. The number of unbranched alkanes of at least 4 members (excludes halogenated alkanes) is 2. The van der Waals surface area contributed by atoms with E-state index in [4.69, 9.17) is 26.8 Å². The van der Waals surface area contributed by atoms with Crippen LogP contribution in [0.25, 0.3) is 11.1 Å². The lowest BCUT2D eigenvalue weighted by Crippen LogP contribution is -2.13. The van der Waals surface area contributed by atoms with Crippen molar-refractivity contribution in [1.82, 2.24) is 4.57 Å². The largest absolute Gasteiger partial charge is 0.454 e. The number of carbonyl (C=O) groups excluding carboxylic acids is 1. The van der Waals surface area contributed by atoms with E-state index in [2.05, 4.69) is 11.5 Å². The molecule has 3 aromatic rings. The molecule has 0 saturated carbocycles. The van der Waals surface area contributed by atoms with E-state index in [1.54, 1.807) is 0 Å². The van der Waals surface area contributed by atoms with E-state index >= 15 is 0 Å². The average Bonchev–Trinajstić information content (AvgIpc) is 3.32. The van der Waals surface area contributed by atoms with Crippen LogP contribution in [0.1, 0.15) is 53.5 Å². The molecule has 1 aliphatic heterocycles. The topological polar surface area (TPSA) is 66.5 Å². The van der Waals surface area contributed by atoms with Crippen LogP contribution in [0.2, 0.25) is 5.02 Å². The third-order valence-corrected chi connectivity index (χ3v) is 6.06. The lowest BCUT2D eigenvalue weighted by molar-refractivity contribution is 0.1000. The molecule has 1 amide bonds. The molecule has 0 unspecified atom stereocenters. The average molecular weight is 439 g/mol. The predicted octanol–water partition coefficient (Wildman–Crippen LogP) is 5.73. The van der Waals surface area contributed by atoms with Crippen molar-refractivity contribution in [3.8, 4) is 22.6 Å². The van der Waals surface area contributed by atoms with Crippen LogP contribution in [0.3, 0.4) is 0 Å². The molecule has 6 heteroatoms. The molecule has 2 N–H and O–H groups in total. The summed E-state index contributed by atoms with van der Waals surface area (Å²) >= 11 is 6.11. The van der Waals surface area contributed by atoms with Gasteiger partial charge in [0.05, 0.1) is 5.56 Å². The number of ether oxygens (including phenoxy) is 2. The molecule has 0 bridgehead atoms. The normalized spacial score (nSPS) is 12.4. The summed E-state index contributed by atoms with van der Waals surface area (Å²) in [6, 6.07) is 13.6. The third-order valence-electron chi connectivity index (χ3n) is 5.81. The van der Waals surface area contributed by atoms with Crippen LogP contribution in [-0.2, 0) is 13.0 Å².